The molecule has 0 saturated heterocycles. The second-order valence-electron chi connectivity index (χ2n) is 5.99. The summed E-state index contributed by atoms with van der Waals surface area (Å²) in [5, 5.41) is 0. The highest BCUT2D eigenvalue weighted by Crippen LogP contribution is 2.17. The molecule has 5 aromatic rings. The van der Waals surface area contributed by atoms with Crippen LogP contribution in [-0.2, 0) is 13.0 Å². The van der Waals surface area contributed by atoms with Crippen LogP contribution in [0.2, 0.25) is 0 Å². The third kappa shape index (κ3) is 3.34. The van der Waals surface area contributed by atoms with E-state index in [1.165, 1.54) is 0 Å². The van der Waals surface area contributed by atoms with Crippen molar-refractivity contribution in [3.05, 3.63) is 73.2 Å². The third-order valence-corrected chi connectivity index (χ3v) is 4.35. The summed E-state index contributed by atoms with van der Waals surface area (Å²) in [6, 6.07) is 13.9. The molecule has 0 aliphatic carbocycles. The Labute approximate surface area is 162 Å². The zero-order chi connectivity index (χ0) is 19.3. The highest BCUT2D eigenvalue weighted by Gasteiger charge is 2.11. The van der Waals surface area contributed by atoms with Gasteiger partial charge >= 0.3 is 0 Å². The molecule has 0 N–H and O–H groups in total. The van der Waals surface area contributed by atoms with Crippen LogP contribution in [0.15, 0.2) is 67.5 Å². The molecule has 0 radical (unpaired) electrons. The second-order valence-corrected chi connectivity index (χ2v) is 5.99. The zero-order valence-electron chi connectivity index (χ0n) is 15.9. The monoisotopic (exact) mass is 371 g/mol. The van der Waals surface area contributed by atoms with Crippen LogP contribution in [0.1, 0.15) is 19.5 Å². The Kier molecular flexibility index (Phi) is 5.05. The number of hydrogen-bond donors (Lipinski definition) is 0. The summed E-state index contributed by atoms with van der Waals surface area (Å²) in [5.74, 6) is 0.589. The lowest BCUT2D eigenvalue weighted by Crippen LogP contribution is -2.05. The molecular formula is C21H21N7. The van der Waals surface area contributed by atoms with Crippen molar-refractivity contribution in [1.82, 2.24) is 34.1 Å². The average molecular weight is 371 g/mol. The first-order valence-corrected chi connectivity index (χ1v) is 9.39. The Hall–Kier alpha value is -3.61. The van der Waals surface area contributed by atoms with Gasteiger partial charge in [-0.15, -0.1) is 0 Å². The number of para-hydroxylation sites is 2. The van der Waals surface area contributed by atoms with Gasteiger partial charge in [-0.3, -0.25) is 9.55 Å². The van der Waals surface area contributed by atoms with Crippen LogP contribution in [0, 0.1) is 0 Å². The van der Waals surface area contributed by atoms with Gasteiger partial charge in [0.15, 0.2) is 5.65 Å². The van der Waals surface area contributed by atoms with Crippen LogP contribution in [0.3, 0.4) is 0 Å². The number of benzene rings is 1. The second kappa shape index (κ2) is 7.96. The molecule has 0 aliphatic rings. The van der Waals surface area contributed by atoms with Crippen molar-refractivity contribution in [2.24, 2.45) is 0 Å². The number of aryl methyl sites for hydroxylation is 2. The van der Waals surface area contributed by atoms with Gasteiger partial charge in [0.05, 0.1) is 23.6 Å². The smallest absolute Gasteiger partial charge is 0.237 e. The van der Waals surface area contributed by atoms with Crippen LogP contribution in [0.5, 0.6) is 0 Å². The number of nitrogens with zero attached hydrogens (tertiary/aromatic N) is 7. The maximum atomic E-state index is 4.73. The molecule has 1 aromatic carbocycles. The molecule has 0 amide bonds. The van der Waals surface area contributed by atoms with E-state index >= 15 is 0 Å². The molecule has 4 aromatic heterocycles. The summed E-state index contributed by atoms with van der Waals surface area (Å²) in [5.41, 5.74) is 4.53. The molecule has 0 atom stereocenters. The highest BCUT2D eigenvalue weighted by atomic mass is 15.2. The van der Waals surface area contributed by atoms with Gasteiger partial charge < -0.3 is 4.57 Å². The van der Waals surface area contributed by atoms with Crippen molar-refractivity contribution in [3.8, 4) is 5.95 Å². The van der Waals surface area contributed by atoms with Gasteiger partial charge in [0.2, 0.25) is 5.95 Å². The van der Waals surface area contributed by atoms with Crippen molar-refractivity contribution >= 4 is 22.2 Å². The molecule has 0 unspecified atom stereocenters. The van der Waals surface area contributed by atoms with E-state index in [2.05, 4.69) is 19.9 Å². The van der Waals surface area contributed by atoms with E-state index < -0.39 is 0 Å². The van der Waals surface area contributed by atoms with Crippen LogP contribution in [0.25, 0.3) is 28.1 Å². The van der Waals surface area contributed by atoms with E-state index in [9.17, 15) is 0 Å². The van der Waals surface area contributed by atoms with Crippen molar-refractivity contribution < 1.29 is 0 Å². The van der Waals surface area contributed by atoms with Gasteiger partial charge in [-0.25, -0.2) is 15.0 Å². The third-order valence-electron chi connectivity index (χ3n) is 4.35. The molecule has 140 valence electrons. The fourth-order valence-corrected chi connectivity index (χ4v) is 3.03. The quantitative estimate of drug-likeness (QED) is 0.480. The predicted molar refractivity (Wildman–Crippen MR) is 109 cm³/mol. The van der Waals surface area contributed by atoms with Crippen molar-refractivity contribution in [3.63, 3.8) is 0 Å². The number of rotatable bonds is 4. The van der Waals surface area contributed by atoms with Gasteiger partial charge in [-0.05, 0) is 24.3 Å². The van der Waals surface area contributed by atoms with Gasteiger partial charge in [0.1, 0.15) is 11.8 Å². The number of imidazole rings is 2. The molecule has 0 saturated carbocycles. The van der Waals surface area contributed by atoms with Gasteiger partial charge in [-0.1, -0.05) is 32.0 Å². The molecule has 5 rings (SSSR count). The molecule has 0 spiro atoms. The molecular weight excluding hydrogens is 350 g/mol. The average Bonchev–Trinajstić information content (AvgIpc) is 3.38. The Balaban J connectivity index is 0.000000932. The highest BCUT2D eigenvalue weighted by molar-refractivity contribution is 5.77. The molecule has 28 heavy (non-hydrogen) atoms. The van der Waals surface area contributed by atoms with Crippen LogP contribution >= 0.6 is 0 Å². The summed E-state index contributed by atoms with van der Waals surface area (Å²) >= 11 is 0. The zero-order valence-corrected chi connectivity index (χ0v) is 15.9. The predicted octanol–water partition coefficient (Wildman–Crippen LogP) is 3.83. The van der Waals surface area contributed by atoms with Crippen molar-refractivity contribution in [1.29, 1.82) is 0 Å². The maximum Gasteiger partial charge on any atom is 0.237 e. The van der Waals surface area contributed by atoms with E-state index in [1.54, 1.807) is 18.9 Å². The number of aromatic nitrogens is 7. The minimum atomic E-state index is 0.589. The molecule has 0 bridgehead atoms. The van der Waals surface area contributed by atoms with E-state index in [0.29, 0.717) is 5.95 Å². The lowest BCUT2D eigenvalue weighted by Gasteiger charge is -2.05. The summed E-state index contributed by atoms with van der Waals surface area (Å²) in [6.45, 7) is 4.76. The number of fused-ring (bicyclic) bond motifs is 2. The minimum Gasteiger partial charge on any atom is -0.315 e. The van der Waals surface area contributed by atoms with E-state index in [0.717, 1.165) is 40.9 Å². The van der Waals surface area contributed by atoms with Gasteiger partial charge in [0.25, 0.3) is 0 Å². The van der Waals surface area contributed by atoms with Crippen LogP contribution in [0.4, 0.5) is 0 Å². The summed E-state index contributed by atoms with van der Waals surface area (Å²) in [7, 11) is 0. The van der Waals surface area contributed by atoms with E-state index in [4.69, 9.17) is 4.98 Å². The largest absolute Gasteiger partial charge is 0.315 e. The van der Waals surface area contributed by atoms with Crippen molar-refractivity contribution in [2.75, 3.05) is 0 Å². The lowest BCUT2D eigenvalue weighted by atomic mass is 10.3. The Morgan fingerprint density at radius 3 is 2.50 bits per heavy atom. The van der Waals surface area contributed by atoms with Gasteiger partial charge in [-0.2, -0.15) is 4.98 Å². The summed E-state index contributed by atoms with van der Waals surface area (Å²) in [4.78, 5) is 22.4. The summed E-state index contributed by atoms with van der Waals surface area (Å²) in [6.07, 6.45) is 7.94. The number of pyridine rings is 1. The maximum absolute atomic E-state index is 4.73. The molecule has 0 fully saturated rings. The lowest BCUT2D eigenvalue weighted by molar-refractivity contribution is 0.696. The molecule has 0 aliphatic heterocycles. The molecule has 7 heteroatoms. The first-order valence-electron chi connectivity index (χ1n) is 9.39. The SMILES string of the molecule is CC.c1ccc(CCn2cnc3cnc(-n4cnc5ccccc54)nc32)nc1. The van der Waals surface area contributed by atoms with E-state index in [-0.39, 0.29) is 0 Å². The first kappa shape index (κ1) is 17.8. The van der Waals surface area contributed by atoms with Crippen LogP contribution in [-0.4, -0.2) is 34.1 Å². The molecule has 7 nitrogen and oxygen atoms in total. The van der Waals surface area contributed by atoms with E-state index in [1.807, 2.05) is 71.6 Å². The normalized spacial score (nSPS) is 10.8. The summed E-state index contributed by atoms with van der Waals surface area (Å²) < 4.78 is 3.93. The molecule has 4 heterocycles. The number of hydrogen-bond acceptors (Lipinski definition) is 5. The minimum absolute atomic E-state index is 0.589. The Morgan fingerprint density at radius 1 is 0.821 bits per heavy atom. The standard InChI is InChI=1S/C19H15N7.C2H6/c1-2-7-17-15(6-1)23-13-26(17)19-21-11-16-18(24-19)25(12-22-16)10-8-14-5-3-4-9-20-14;1-2/h1-7,9,11-13H,8,10H2;1-2H3. The van der Waals surface area contributed by atoms with Gasteiger partial charge in [0, 0.05) is 24.9 Å². The first-order chi connectivity index (χ1) is 13.9. The van der Waals surface area contributed by atoms with Crippen LogP contribution < -0.4 is 0 Å². The Morgan fingerprint density at radius 2 is 1.64 bits per heavy atom. The fourth-order valence-electron chi connectivity index (χ4n) is 3.03. The topological polar surface area (TPSA) is 74.3 Å². The Bertz CT molecular complexity index is 1190. The fraction of sp³-hybridized carbons (Fsp3) is 0.190. The van der Waals surface area contributed by atoms with Crippen molar-refractivity contribution in [2.45, 2.75) is 26.8 Å².